The smallest absolute Gasteiger partial charge is 0.339 e. The van der Waals surface area contributed by atoms with Gasteiger partial charge < -0.3 is 14.2 Å². The number of aryl methyl sites for hydroxylation is 1. The highest BCUT2D eigenvalue weighted by atomic mass is 16.6. The quantitative estimate of drug-likeness (QED) is 0.767. The summed E-state index contributed by atoms with van der Waals surface area (Å²) < 4.78 is 15.7. The number of benzene rings is 2. The number of carbonyl (C=O) groups is 1. The van der Waals surface area contributed by atoms with Crippen molar-refractivity contribution in [3.05, 3.63) is 65.2 Å². The fraction of sp³-hybridized carbons (Fsp3) is 0.278. The summed E-state index contributed by atoms with van der Waals surface area (Å²) in [4.78, 5) is 11.7. The van der Waals surface area contributed by atoms with Crippen LogP contribution in [-0.2, 0) is 20.9 Å². The van der Waals surface area contributed by atoms with E-state index in [1.165, 1.54) is 14.2 Å². The van der Waals surface area contributed by atoms with Crippen LogP contribution in [0.4, 0.5) is 0 Å². The molecule has 0 saturated carbocycles. The average molecular weight is 300 g/mol. The predicted octanol–water partition coefficient (Wildman–Crippen LogP) is 3.43. The van der Waals surface area contributed by atoms with E-state index in [4.69, 9.17) is 14.2 Å². The number of methoxy groups -OCH3 is 2. The van der Waals surface area contributed by atoms with Crippen LogP contribution in [0.2, 0.25) is 0 Å². The van der Waals surface area contributed by atoms with Gasteiger partial charge in [0.2, 0.25) is 0 Å². The molecule has 0 spiro atoms. The lowest BCUT2D eigenvalue weighted by Crippen LogP contribution is -2.16. The highest BCUT2D eigenvalue weighted by Crippen LogP contribution is 2.21. The van der Waals surface area contributed by atoms with Crippen LogP contribution in [0.5, 0.6) is 5.75 Å². The molecule has 0 bridgehead atoms. The number of hydrogen-bond donors (Lipinski definition) is 0. The van der Waals surface area contributed by atoms with Gasteiger partial charge >= 0.3 is 5.97 Å². The standard InChI is InChI=1S/C18H20O4/c1-13-6-4-9-16(10-13)22-12-14-7-5-8-15(11-14)17(20-2)18(19)21-3/h4-11,17H,12H2,1-3H3. The molecule has 0 heterocycles. The first-order valence-electron chi connectivity index (χ1n) is 7.03. The Morgan fingerprint density at radius 1 is 1.09 bits per heavy atom. The minimum atomic E-state index is -0.719. The molecule has 116 valence electrons. The van der Waals surface area contributed by atoms with Crippen molar-refractivity contribution in [1.29, 1.82) is 0 Å². The van der Waals surface area contributed by atoms with E-state index in [0.717, 1.165) is 22.4 Å². The largest absolute Gasteiger partial charge is 0.489 e. The first-order valence-corrected chi connectivity index (χ1v) is 7.03. The predicted molar refractivity (Wildman–Crippen MR) is 83.7 cm³/mol. The first kappa shape index (κ1) is 16.0. The van der Waals surface area contributed by atoms with Crippen molar-refractivity contribution in [2.24, 2.45) is 0 Å². The second-order valence-electron chi connectivity index (χ2n) is 4.99. The van der Waals surface area contributed by atoms with Crippen LogP contribution in [-0.4, -0.2) is 20.2 Å². The summed E-state index contributed by atoms with van der Waals surface area (Å²) in [5, 5.41) is 0. The Balaban J connectivity index is 2.09. The number of ether oxygens (including phenoxy) is 3. The molecule has 0 radical (unpaired) electrons. The zero-order valence-electron chi connectivity index (χ0n) is 13.0. The van der Waals surface area contributed by atoms with Crippen LogP contribution >= 0.6 is 0 Å². The van der Waals surface area contributed by atoms with E-state index in [1.54, 1.807) is 0 Å². The summed E-state index contributed by atoms with van der Waals surface area (Å²) in [6, 6.07) is 15.4. The molecule has 1 atom stereocenters. The zero-order chi connectivity index (χ0) is 15.9. The zero-order valence-corrected chi connectivity index (χ0v) is 13.0. The molecule has 0 aliphatic heterocycles. The molecule has 2 rings (SSSR count). The van der Waals surface area contributed by atoms with Crippen molar-refractivity contribution >= 4 is 5.97 Å². The molecule has 1 unspecified atom stereocenters. The van der Waals surface area contributed by atoms with E-state index < -0.39 is 12.1 Å². The van der Waals surface area contributed by atoms with E-state index >= 15 is 0 Å². The third-order valence-electron chi connectivity index (χ3n) is 3.30. The average Bonchev–Trinajstić information content (AvgIpc) is 2.54. The normalized spacial score (nSPS) is 11.8. The molecule has 22 heavy (non-hydrogen) atoms. The molecule has 4 nitrogen and oxygen atoms in total. The van der Waals surface area contributed by atoms with Crippen molar-refractivity contribution in [2.75, 3.05) is 14.2 Å². The Morgan fingerprint density at radius 2 is 1.86 bits per heavy atom. The van der Waals surface area contributed by atoms with Gasteiger partial charge in [-0.25, -0.2) is 4.79 Å². The summed E-state index contributed by atoms with van der Waals surface area (Å²) in [6.45, 7) is 2.45. The molecular formula is C18H20O4. The Bertz CT molecular complexity index is 636. The van der Waals surface area contributed by atoms with Gasteiger partial charge in [-0.3, -0.25) is 0 Å². The van der Waals surface area contributed by atoms with E-state index in [1.807, 2.05) is 55.5 Å². The first-order chi connectivity index (χ1) is 10.6. The third-order valence-corrected chi connectivity index (χ3v) is 3.30. The van der Waals surface area contributed by atoms with Crippen LogP contribution < -0.4 is 4.74 Å². The highest BCUT2D eigenvalue weighted by molar-refractivity contribution is 5.76. The van der Waals surface area contributed by atoms with Gasteiger partial charge in [-0.1, -0.05) is 30.3 Å². The van der Waals surface area contributed by atoms with Gasteiger partial charge in [0.25, 0.3) is 0 Å². The maximum Gasteiger partial charge on any atom is 0.339 e. The van der Waals surface area contributed by atoms with E-state index in [2.05, 4.69) is 0 Å². The Kier molecular flexibility index (Phi) is 5.55. The molecule has 4 heteroatoms. The molecule has 0 fully saturated rings. The minimum absolute atomic E-state index is 0.417. The molecule has 0 aliphatic rings. The highest BCUT2D eigenvalue weighted by Gasteiger charge is 2.20. The van der Waals surface area contributed by atoms with Crippen LogP contribution in [0.25, 0.3) is 0 Å². The molecule has 0 amide bonds. The molecule has 0 aromatic heterocycles. The number of rotatable bonds is 6. The second-order valence-corrected chi connectivity index (χ2v) is 4.99. The SMILES string of the molecule is COC(=O)C(OC)c1cccc(COc2cccc(C)c2)c1. The lowest BCUT2D eigenvalue weighted by Gasteiger charge is -2.14. The summed E-state index contributed by atoms with van der Waals surface area (Å²) in [7, 11) is 2.83. The van der Waals surface area contributed by atoms with E-state index in [0.29, 0.717) is 6.61 Å². The topological polar surface area (TPSA) is 44.8 Å². The maximum absolute atomic E-state index is 11.7. The monoisotopic (exact) mass is 300 g/mol. The molecular weight excluding hydrogens is 280 g/mol. The summed E-state index contributed by atoms with van der Waals surface area (Å²) in [5.74, 6) is 0.404. The minimum Gasteiger partial charge on any atom is -0.489 e. The molecule has 0 N–H and O–H groups in total. The summed E-state index contributed by atoms with van der Waals surface area (Å²) in [6.07, 6.45) is -0.719. The molecule has 0 aliphatic carbocycles. The molecule has 2 aromatic carbocycles. The Hall–Kier alpha value is -2.33. The fourth-order valence-electron chi connectivity index (χ4n) is 2.19. The molecule has 0 saturated heterocycles. The van der Waals surface area contributed by atoms with Gasteiger partial charge in [0, 0.05) is 7.11 Å². The summed E-state index contributed by atoms with van der Waals surface area (Å²) in [5.41, 5.74) is 2.86. The van der Waals surface area contributed by atoms with Gasteiger partial charge in [0.1, 0.15) is 12.4 Å². The van der Waals surface area contributed by atoms with Crippen LogP contribution in [0.3, 0.4) is 0 Å². The van der Waals surface area contributed by atoms with Gasteiger partial charge in [-0.15, -0.1) is 0 Å². The van der Waals surface area contributed by atoms with Gasteiger partial charge in [0.05, 0.1) is 7.11 Å². The number of carbonyl (C=O) groups excluding carboxylic acids is 1. The Morgan fingerprint density at radius 3 is 2.55 bits per heavy atom. The van der Waals surface area contributed by atoms with Gasteiger partial charge in [-0.05, 0) is 41.8 Å². The van der Waals surface area contributed by atoms with Gasteiger partial charge in [0.15, 0.2) is 6.10 Å². The maximum atomic E-state index is 11.7. The summed E-state index contributed by atoms with van der Waals surface area (Å²) >= 11 is 0. The third kappa shape index (κ3) is 4.09. The van der Waals surface area contributed by atoms with Crippen LogP contribution in [0, 0.1) is 6.92 Å². The van der Waals surface area contributed by atoms with Crippen molar-refractivity contribution in [3.63, 3.8) is 0 Å². The van der Waals surface area contributed by atoms with Crippen LogP contribution in [0.15, 0.2) is 48.5 Å². The number of hydrogen-bond acceptors (Lipinski definition) is 4. The molecule has 2 aromatic rings. The van der Waals surface area contributed by atoms with E-state index in [-0.39, 0.29) is 0 Å². The van der Waals surface area contributed by atoms with Crippen LogP contribution in [0.1, 0.15) is 22.8 Å². The van der Waals surface area contributed by atoms with Gasteiger partial charge in [-0.2, -0.15) is 0 Å². The second kappa shape index (κ2) is 7.61. The Labute approximate surface area is 130 Å². The van der Waals surface area contributed by atoms with Crippen molar-refractivity contribution < 1.29 is 19.0 Å². The lowest BCUT2D eigenvalue weighted by atomic mass is 10.1. The lowest BCUT2D eigenvalue weighted by molar-refractivity contribution is -0.152. The van der Waals surface area contributed by atoms with Crippen molar-refractivity contribution in [3.8, 4) is 5.75 Å². The van der Waals surface area contributed by atoms with E-state index in [9.17, 15) is 4.79 Å². The number of esters is 1. The van der Waals surface area contributed by atoms with Crippen molar-refractivity contribution in [1.82, 2.24) is 0 Å². The van der Waals surface area contributed by atoms with Crippen molar-refractivity contribution in [2.45, 2.75) is 19.6 Å². The fourth-order valence-corrected chi connectivity index (χ4v) is 2.19.